The first-order chi connectivity index (χ1) is 17.6. The van der Waals surface area contributed by atoms with E-state index in [1.165, 1.54) is 21.1 Å². The molecule has 12 nitrogen and oxygen atoms in total. The smallest absolute Gasteiger partial charge is 0.308 e. The van der Waals surface area contributed by atoms with E-state index in [2.05, 4.69) is 30.8 Å². The monoisotopic (exact) mass is 493 g/mol. The van der Waals surface area contributed by atoms with Crippen LogP contribution in [0, 0.1) is 0 Å². The molecule has 0 saturated carbocycles. The van der Waals surface area contributed by atoms with Crippen molar-refractivity contribution in [3.8, 4) is 17.2 Å². The predicted molar refractivity (Wildman–Crippen MR) is 135 cm³/mol. The van der Waals surface area contributed by atoms with Crippen molar-refractivity contribution >= 4 is 35.7 Å². The lowest BCUT2D eigenvalue weighted by Gasteiger charge is -2.27. The molecule has 1 aliphatic rings. The van der Waals surface area contributed by atoms with Gasteiger partial charge in [-0.15, -0.1) is 0 Å². The molecule has 1 aromatic heterocycles. The van der Waals surface area contributed by atoms with E-state index in [1.54, 1.807) is 18.3 Å². The maximum Gasteiger partial charge on any atom is 0.308 e. The molecule has 0 spiro atoms. The molecule has 0 radical (unpaired) electrons. The quantitative estimate of drug-likeness (QED) is 0.197. The number of esters is 1. The third-order valence-electron chi connectivity index (χ3n) is 5.05. The maximum atomic E-state index is 11.4. The molecule has 0 bridgehead atoms. The number of anilines is 4. The minimum Gasteiger partial charge on any atom is -0.493 e. The van der Waals surface area contributed by atoms with Crippen LogP contribution in [0.2, 0.25) is 0 Å². The fourth-order valence-corrected chi connectivity index (χ4v) is 3.41. The Morgan fingerprint density at radius 3 is 2.33 bits per heavy atom. The number of carbonyl (C=O) groups excluding carboxylic acids is 1. The first-order valence-electron chi connectivity index (χ1n) is 11.2. The average molecular weight is 494 g/mol. The van der Waals surface area contributed by atoms with Gasteiger partial charge in [0.1, 0.15) is 0 Å². The largest absolute Gasteiger partial charge is 0.493 e. The number of carbonyl (C=O) groups is 1. The number of ether oxygens (including phenoxy) is 4. The fraction of sp³-hybridized carbons (Fsp3) is 0.292. The highest BCUT2D eigenvalue weighted by Gasteiger charge is 2.18. The van der Waals surface area contributed by atoms with Crippen LogP contribution < -0.4 is 29.9 Å². The van der Waals surface area contributed by atoms with Gasteiger partial charge in [-0.2, -0.15) is 20.1 Å². The second kappa shape index (κ2) is 11.8. The highest BCUT2D eigenvalue weighted by molar-refractivity contribution is 5.83. The van der Waals surface area contributed by atoms with Crippen LogP contribution in [0.5, 0.6) is 17.2 Å². The zero-order chi connectivity index (χ0) is 25.3. The van der Waals surface area contributed by atoms with E-state index in [9.17, 15) is 4.79 Å². The highest BCUT2D eigenvalue weighted by atomic mass is 16.6. The molecule has 188 valence electrons. The van der Waals surface area contributed by atoms with Gasteiger partial charge >= 0.3 is 5.97 Å². The summed E-state index contributed by atoms with van der Waals surface area (Å²) in [5.74, 6) is 1.52. The molecule has 12 heteroatoms. The van der Waals surface area contributed by atoms with Crippen LogP contribution in [0.1, 0.15) is 12.5 Å². The molecule has 3 aromatic rings. The van der Waals surface area contributed by atoms with Crippen molar-refractivity contribution in [2.75, 3.05) is 56.2 Å². The van der Waals surface area contributed by atoms with Crippen molar-refractivity contribution in [3.05, 3.63) is 48.0 Å². The lowest BCUT2D eigenvalue weighted by Crippen LogP contribution is -2.37. The molecule has 1 aliphatic heterocycles. The van der Waals surface area contributed by atoms with Gasteiger partial charge in [0.15, 0.2) is 11.5 Å². The van der Waals surface area contributed by atoms with Crippen LogP contribution >= 0.6 is 0 Å². The molecular formula is C24H27N7O5. The Bertz CT molecular complexity index is 1190. The standard InChI is InChI=1S/C24H27N7O5/c1-16(32)36-21-19(33-2)13-17(14-20(21)34-3)15-25-30-23-27-22(26-18-7-5-4-6-8-18)28-24(29-23)31-9-11-35-12-10-31/h4-8,13-15H,9-12H2,1-3H3,(H2,26,27,28,29,30)/b25-15-. The number of aromatic nitrogens is 3. The van der Waals surface area contributed by atoms with E-state index in [0.717, 1.165) is 5.69 Å². The summed E-state index contributed by atoms with van der Waals surface area (Å²) >= 11 is 0. The van der Waals surface area contributed by atoms with Gasteiger partial charge in [-0.3, -0.25) is 4.79 Å². The summed E-state index contributed by atoms with van der Waals surface area (Å²) in [5, 5.41) is 7.47. The van der Waals surface area contributed by atoms with Gasteiger partial charge < -0.3 is 29.2 Å². The second-order valence-electron chi connectivity index (χ2n) is 7.59. The Morgan fingerprint density at radius 2 is 1.69 bits per heavy atom. The number of benzene rings is 2. The van der Waals surface area contributed by atoms with E-state index in [-0.39, 0.29) is 11.7 Å². The third-order valence-corrected chi connectivity index (χ3v) is 5.05. The van der Waals surface area contributed by atoms with Crippen LogP contribution in [0.3, 0.4) is 0 Å². The minimum absolute atomic E-state index is 0.196. The molecule has 2 N–H and O–H groups in total. The third kappa shape index (κ3) is 6.36. The lowest BCUT2D eigenvalue weighted by molar-refractivity contribution is -0.132. The van der Waals surface area contributed by atoms with Crippen LogP contribution in [0.4, 0.5) is 23.5 Å². The fourth-order valence-electron chi connectivity index (χ4n) is 3.41. The first kappa shape index (κ1) is 24.7. The molecule has 0 unspecified atom stereocenters. The molecule has 0 amide bonds. The molecule has 2 heterocycles. The number of hydrogen-bond acceptors (Lipinski definition) is 12. The molecular weight excluding hydrogens is 466 g/mol. The SMILES string of the molecule is COc1cc(/C=N\Nc2nc(Nc3ccccc3)nc(N3CCOCC3)n2)cc(OC)c1OC(C)=O. The Kier molecular flexibility index (Phi) is 8.08. The number of para-hydroxylation sites is 1. The number of nitrogens with zero attached hydrogens (tertiary/aromatic N) is 5. The van der Waals surface area contributed by atoms with Gasteiger partial charge in [0.25, 0.3) is 0 Å². The Balaban J connectivity index is 1.58. The van der Waals surface area contributed by atoms with Crippen molar-refractivity contribution < 1.29 is 23.7 Å². The average Bonchev–Trinajstić information content (AvgIpc) is 2.90. The Hall–Kier alpha value is -4.45. The maximum absolute atomic E-state index is 11.4. The summed E-state index contributed by atoms with van der Waals surface area (Å²) in [6.45, 7) is 3.85. The van der Waals surface area contributed by atoms with Gasteiger partial charge in [-0.1, -0.05) is 18.2 Å². The molecule has 0 atom stereocenters. The minimum atomic E-state index is -0.486. The van der Waals surface area contributed by atoms with Crippen LogP contribution in [-0.2, 0) is 9.53 Å². The summed E-state index contributed by atoms with van der Waals surface area (Å²) in [6.07, 6.45) is 1.55. The van der Waals surface area contributed by atoms with E-state index < -0.39 is 5.97 Å². The molecule has 1 saturated heterocycles. The molecule has 0 aliphatic carbocycles. The van der Waals surface area contributed by atoms with Crippen LogP contribution in [0.25, 0.3) is 0 Å². The van der Waals surface area contributed by atoms with E-state index in [4.69, 9.17) is 18.9 Å². The second-order valence-corrected chi connectivity index (χ2v) is 7.59. The van der Waals surface area contributed by atoms with Gasteiger partial charge in [-0.25, -0.2) is 5.43 Å². The van der Waals surface area contributed by atoms with E-state index >= 15 is 0 Å². The predicted octanol–water partition coefficient (Wildman–Crippen LogP) is 2.84. The molecule has 1 fully saturated rings. The zero-order valence-corrected chi connectivity index (χ0v) is 20.2. The molecule has 2 aromatic carbocycles. The van der Waals surface area contributed by atoms with Crippen molar-refractivity contribution in [1.82, 2.24) is 15.0 Å². The van der Waals surface area contributed by atoms with Crippen molar-refractivity contribution in [3.63, 3.8) is 0 Å². The van der Waals surface area contributed by atoms with Crippen molar-refractivity contribution in [1.29, 1.82) is 0 Å². The van der Waals surface area contributed by atoms with Crippen molar-refractivity contribution in [2.45, 2.75) is 6.92 Å². The van der Waals surface area contributed by atoms with Crippen molar-refractivity contribution in [2.24, 2.45) is 5.10 Å². The summed E-state index contributed by atoms with van der Waals surface area (Å²) < 4.78 is 21.4. The lowest BCUT2D eigenvalue weighted by atomic mass is 10.2. The van der Waals surface area contributed by atoms with E-state index in [0.29, 0.717) is 55.3 Å². The number of hydrogen-bond donors (Lipinski definition) is 2. The van der Waals surface area contributed by atoms with Gasteiger partial charge in [0, 0.05) is 31.3 Å². The Labute approximate surface area is 208 Å². The topological polar surface area (TPSA) is 132 Å². The van der Waals surface area contributed by atoms with E-state index in [1.807, 2.05) is 35.2 Å². The number of rotatable bonds is 9. The highest BCUT2D eigenvalue weighted by Crippen LogP contribution is 2.38. The summed E-state index contributed by atoms with van der Waals surface area (Å²) in [4.78, 5) is 27.0. The number of hydrazone groups is 1. The van der Waals surface area contributed by atoms with Crippen LogP contribution in [-0.4, -0.2) is 67.7 Å². The normalized spacial score (nSPS) is 13.4. The van der Waals surface area contributed by atoms with Gasteiger partial charge in [-0.05, 0) is 24.3 Å². The zero-order valence-electron chi connectivity index (χ0n) is 20.2. The summed E-state index contributed by atoms with van der Waals surface area (Å²) in [5.41, 5.74) is 4.34. The molecule has 4 rings (SSSR count). The Morgan fingerprint density at radius 1 is 1.03 bits per heavy atom. The summed E-state index contributed by atoms with van der Waals surface area (Å²) in [6, 6.07) is 13.0. The number of morpholine rings is 1. The van der Waals surface area contributed by atoms with Gasteiger partial charge in [0.05, 0.1) is 33.6 Å². The number of methoxy groups -OCH3 is 2. The molecule has 36 heavy (non-hydrogen) atoms. The van der Waals surface area contributed by atoms with Crippen LogP contribution in [0.15, 0.2) is 47.6 Å². The van der Waals surface area contributed by atoms with Gasteiger partial charge in [0.2, 0.25) is 23.6 Å². The first-order valence-corrected chi connectivity index (χ1v) is 11.2. The number of nitrogens with one attached hydrogen (secondary N) is 2. The summed E-state index contributed by atoms with van der Waals surface area (Å²) in [7, 11) is 2.94.